The van der Waals surface area contributed by atoms with E-state index in [4.69, 9.17) is 4.74 Å². The minimum Gasteiger partial charge on any atom is -0.444 e. The lowest BCUT2D eigenvalue weighted by atomic mass is 10.2. The van der Waals surface area contributed by atoms with E-state index in [1.54, 1.807) is 11.1 Å². The summed E-state index contributed by atoms with van der Waals surface area (Å²) in [5, 5.41) is 0. The first-order chi connectivity index (χ1) is 10.3. The Morgan fingerprint density at radius 1 is 1.41 bits per heavy atom. The number of pyridine rings is 1. The molecular weight excluding hydrogens is 348 g/mol. The Bertz CT molecular complexity index is 697. The number of amides is 1. The van der Waals surface area contributed by atoms with Crippen LogP contribution in [0.25, 0.3) is 11.5 Å². The fraction of sp³-hybridized carbons (Fsp3) is 0.400. The molecule has 0 aromatic carbocycles. The molecule has 2 aromatic rings. The van der Waals surface area contributed by atoms with Gasteiger partial charge in [-0.25, -0.2) is 9.78 Å². The molecule has 1 aliphatic rings. The molecular formula is C15H17BrN4O2. The molecule has 1 amide bonds. The van der Waals surface area contributed by atoms with E-state index in [2.05, 4.69) is 30.9 Å². The van der Waals surface area contributed by atoms with Crippen molar-refractivity contribution in [1.29, 1.82) is 0 Å². The van der Waals surface area contributed by atoms with Crippen LogP contribution in [-0.4, -0.2) is 31.5 Å². The molecule has 0 fully saturated rings. The number of carbonyl (C=O) groups excluding carboxylic acids is 1. The highest BCUT2D eigenvalue weighted by Gasteiger charge is 2.30. The molecule has 2 aromatic heterocycles. The highest BCUT2D eigenvalue weighted by atomic mass is 79.9. The van der Waals surface area contributed by atoms with Crippen LogP contribution in [0.3, 0.4) is 0 Å². The zero-order chi connectivity index (χ0) is 15.9. The lowest BCUT2D eigenvalue weighted by Crippen LogP contribution is -2.33. The monoisotopic (exact) mass is 364 g/mol. The van der Waals surface area contributed by atoms with Gasteiger partial charge in [0.15, 0.2) is 5.82 Å². The SMILES string of the molecule is CC(C)(C)OC(=O)N1Cc2nc(-c3cc(Br)ccn3)[nH]c2C1. The molecule has 0 saturated heterocycles. The Kier molecular flexibility index (Phi) is 3.68. The summed E-state index contributed by atoms with van der Waals surface area (Å²) in [4.78, 5) is 25.8. The normalized spacial score (nSPS) is 14.1. The van der Waals surface area contributed by atoms with Gasteiger partial charge in [-0.15, -0.1) is 0 Å². The maximum absolute atomic E-state index is 12.1. The van der Waals surface area contributed by atoms with Crippen LogP contribution < -0.4 is 0 Å². The van der Waals surface area contributed by atoms with E-state index < -0.39 is 5.60 Å². The van der Waals surface area contributed by atoms with Crippen LogP contribution in [0.15, 0.2) is 22.8 Å². The predicted molar refractivity (Wildman–Crippen MR) is 85.0 cm³/mol. The van der Waals surface area contributed by atoms with Gasteiger partial charge in [-0.2, -0.15) is 0 Å². The zero-order valence-corrected chi connectivity index (χ0v) is 14.3. The topological polar surface area (TPSA) is 71.1 Å². The Hall–Kier alpha value is -1.89. The number of carbonyl (C=O) groups is 1. The van der Waals surface area contributed by atoms with E-state index in [-0.39, 0.29) is 6.09 Å². The zero-order valence-electron chi connectivity index (χ0n) is 12.7. The molecule has 116 valence electrons. The number of hydrogen-bond acceptors (Lipinski definition) is 4. The second-order valence-corrected chi connectivity index (χ2v) is 7.12. The second kappa shape index (κ2) is 5.39. The van der Waals surface area contributed by atoms with Crippen molar-refractivity contribution in [3.63, 3.8) is 0 Å². The Labute approximate surface area is 137 Å². The quantitative estimate of drug-likeness (QED) is 0.840. The van der Waals surface area contributed by atoms with E-state index in [0.717, 1.165) is 27.4 Å². The predicted octanol–water partition coefficient (Wildman–Crippen LogP) is 3.48. The second-order valence-electron chi connectivity index (χ2n) is 6.21. The molecule has 7 heteroatoms. The Balaban J connectivity index is 1.74. The van der Waals surface area contributed by atoms with Crippen molar-refractivity contribution < 1.29 is 9.53 Å². The number of H-pyrrole nitrogens is 1. The Morgan fingerprint density at radius 2 is 2.18 bits per heavy atom. The van der Waals surface area contributed by atoms with Gasteiger partial charge >= 0.3 is 6.09 Å². The first-order valence-corrected chi connectivity index (χ1v) is 7.79. The highest BCUT2D eigenvalue weighted by molar-refractivity contribution is 9.10. The number of halogens is 1. The van der Waals surface area contributed by atoms with Crippen LogP contribution >= 0.6 is 15.9 Å². The Morgan fingerprint density at radius 3 is 2.82 bits per heavy atom. The molecule has 0 saturated carbocycles. The summed E-state index contributed by atoms with van der Waals surface area (Å²) in [7, 11) is 0. The first kappa shape index (κ1) is 15.0. The van der Waals surface area contributed by atoms with E-state index in [9.17, 15) is 4.79 Å². The van der Waals surface area contributed by atoms with Gasteiger partial charge in [0.05, 0.1) is 24.5 Å². The number of imidazole rings is 1. The van der Waals surface area contributed by atoms with Crippen molar-refractivity contribution in [2.45, 2.75) is 39.5 Å². The molecule has 3 heterocycles. The summed E-state index contributed by atoms with van der Waals surface area (Å²) in [6.07, 6.45) is 1.40. The van der Waals surface area contributed by atoms with Gasteiger partial charge in [0.2, 0.25) is 0 Å². The maximum Gasteiger partial charge on any atom is 0.410 e. The van der Waals surface area contributed by atoms with E-state index in [1.807, 2.05) is 32.9 Å². The molecule has 1 aliphatic heterocycles. The largest absolute Gasteiger partial charge is 0.444 e. The van der Waals surface area contributed by atoms with Crippen molar-refractivity contribution in [2.24, 2.45) is 0 Å². The maximum atomic E-state index is 12.1. The molecule has 0 atom stereocenters. The third-order valence-electron chi connectivity index (χ3n) is 3.17. The number of ether oxygens (including phenoxy) is 1. The number of nitrogens with one attached hydrogen (secondary N) is 1. The molecule has 0 aliphatic carbocycles. The minimum atomic E-state index is -0.494. The van der Waals surface area contributed by atoms with E-state index in [1.165, 1.54) is 0 Å². The van der Waals surface area contributed by atoms with Crippen LogP contribution in [0.4, 0.5) is 4.79 Å². The van der Waals surface area contributed by atoms with Crippen LogP contribution in [-0.2, 0) is 17.8 Å². The van der Waals surface area contributed by atoms with Gasteiger partial charge in [-0.1, -0.05) is 15.9 Å². The molecule has 1 N–H and O–H groups in total. The summed E-state index contributed by atoms with van der Waals surface area (Å²) < 4.78 is 6.33. The molecule has 0 bridgehead atoms. The average molecular weight is 365 g/mol. The van der Waals surface area contributed by atoms with Gasteiger partial charge in [0, 0.05) is 10.7 Å². The standard InChI is InChI=1S/C15H17BrN4O2/c1-15(2,3)22-14(21)20-7-11-12(8-20)19-13(18-11)10-6-9(16)4-5-17-10/h4-6H,7-8H2,1-3H3,(H,18,19). The average Bonchev–Trinajstić information content (AvgIpc) is 2.94. The minimum absolute atomic E-state index is 0.318. The van der Waals surface area contributed by atoms with E-state index in [0.29, 0.717) is 13.1 Å². The summed E-state index contributed by atoms with van der Waals surface area (Å²) in [6, 6.07) is 3.77. The fourth-order valence-electron chi connectivity index (χ4n) is 2.25. The van der Waals surface area contributed by atoms with Crippen LogP contribution in [0.1, 0.15) is 32.2 Å². The van der Waals surface area contributed by atoms with Gasteiger partial charge < -0.3 is 9.72 Å². The number of hydrogen-bond donors (Lipinski definition) is 1. The first-order valence-electron chi connectivity index (χ1n) is 6.99. The van der Waals surface area contributed by atoms with Crippen LogP contribution in [0.2, 0.25) is 0 Å². The summed E-state index contributed by atoms with van der Waals surface area (Å²) in [6.45, 7) is 6.50. The molecule has 6 nitrogen and oxygen atoms in total. The van der Waals surface area contributed by atoms with Crippen LogP contribution in [0, 0.1) is 0 Å². The number of aromatic nitrogens is 3. The summed E-state index contributed by atoms with van der Waals surface area (Å²) in [5.74, 6) is 0.718. The van der Waals surface area contributed by atoms with Crippen molar-refractivity contribution >= 4 is 22.0 Å². The molecule has 0 radical (unpaired) electrons. The number of nitrogens with zero attached hydrogens (tertiary/aromatic N) is 3. The van der Waals surface area contributed by atoms with Crippen molar-refractivity contribution in [1.82, 2.24) is 19.9 Å². The van der Waals surface area contributed by atoms with Crippen molar-refractivity contribution in [2.75, 3.05) is 0 Å². The van der Waals surface area contributed by atoms with Crippen molar-refractivity contribution in [3.05, 3.63) is 34.2 Å². The summed E-state index contributed by atoms with van der Waals surface area (Å²) in [5.41, 5.74) is 2.07. The van der Waals surface area contributed by atoms with Crippen LogP contribution in [0.5, 0.6) is 0 Å². The van der Waals surface area contributed by atoms with Gasteiger partial charge in [0.1, 0.15) is 11.3 Å². The number of aromatic amines is 1. The fourth-order valence-corrected chi connectivity index (χ4v) is 2.58. The van der Waals surface area contributed by atoms with Crippen molar-refractivity contribution in [3.8, 4) is 11.5 Å². The number of rotatable bonds is 1. The van der Waals surface area contributed by atoms with Gasteiger partial charge in [0.25, 0.3) is 0 Å². The van der Waals surface area contributed by atoms with Gasteiger partial charge in [-0.05, 0) is 32.9 Å². The molecule has 3 rings (SSSR count). The smallest absolute Gasteiger partial charge is 0.410 e. The lowest BCUT2D eigenvalue weighted by molar-refractivity contribution is 0.0239. The summed E-state index contributed by atoms with van der Waals surface area (Å²) >= 11 is 3.42. The molecule has 0 spiro atoms. The third kappa shape index (κ3) is 3.14. The highest BCUT2D eigenvalue weighted by Crippen LogP contribution is 2.26. The van der Waals surface area contributed by atoms with Gasteiger partial charge in [-0.3, -0.25) is 9.88 Å². The molecule has 22 heavy (non-hydrogen) atoms. The lowest BCUT2D eigenvalue weighted by Gasteiger charge is -2.24. The third-order valence-corrected chi connectivity index (χ3v) is 3.66. The van der Waals surface area contributed by atoms with E-state index >= 15 is 0 Å². The molecule has 0 unspecified atom stereocenters. The number of fused-ring (bicyclic) bond motifs is 1.